The minimum Gasteiger partial charge on any atom is -0.489 e. The minimum absolute atomic E-state index is 0.274. The summed E-state index contributed by atoms with van der Waals surface area (Å²) < 4.78 is 5.78. The molecule has 33 heavy (non-hydrogen) atoms. The largest absolute Gasteiger partial charge is 0.489 e. The number of hydrogen-bond donors (Lipinski definition) is 2. The molecular formula is C25H26N4O4. The predicted molar refractivity (Wildman–Crippen MR) is 121 cm³/mol. The van der Waals surface area contributed by atoms with Gasteiger partial charge in [-0.15, -0.1) is 0 Å². The van der Waals surface area contributed by atoms with Crippen LogP contribution in [0.25, 0.3) is 0 Å². The number of benzene rings is 2. The Bertz CT molecular complexity index is 1120. The molecule has 0 radical (unpaired) electrons. The van der Waals surface area contributed by atoms with Crippen LogP contribution in [-0.2, 0) is 16.2 Å². The molecule has 8 heteroatoms. The Morgan fingerprint density at radius 3 is 2.73 bits per heavy atom. The van der Waals surface area contributed by atoms with Crippen molar-refractivity contribution in [3.8, 4) is 11.8 Å². The van der Waals surface area contributed by atoms with Crippen LogP contribution in [-0.4, -0.2) is 34.8 Å². The van der Waals surface area contributed by atoms with Crippen molar-refractivity contribution in [3.63, 3.8) is 0 Å². The molecule has 2 aromatic carbocycles. The first-order chi connectivity index (χ1) is 15.9. The van der Waals surface area contributed by atoms with Gasteiger partial charge in [0.2, 0.25) is 5.91 Å². The molecule has 8 nitrogen and oxygen atoms in total. The second-order valence-electron chi connectivity index (χ2n) is 8.76. The van der Waals surface area contributed by atoms with Gasteiger partial charge in [-0.1, -0.05) is 25.1 Å². The number of nitriles is 1. The van der Waals surface area contributed by atoms with Crippen molar-refractivity contribution >= 4 is 23.5 Å². The average molecular weight is 447 g/mol. The Hall–Kier alpha value is -3.86. The smallest absolute Gasteiger partial charge is 0.325 e. The Morgan fingerprint density at radius 1 is 1.21 bits per heavy atom. The van der Waals surface area contributed by atoms with Gasteiger partial charge in [0.15, 0.2) is 0 Å². The summed E-state index contributed by atoms with van der Waals surface area (Å²) in [5.41, 5.74) is 1.05. The Morgan fingerprint density at radius 2 is 1.97 bits per heavy atom. The second-order valence-corrected chi connectivity index (χ2v) is 8.76. The monoisotopic (exact) mass is 446 g/mol. The second kappa shape index (κ2) is 9.33. The highest BCUT2D eigenvalue weighted by atomic mass is 16.5. The molecule has 170 valence electrons. The van der Waals surface area contributed by atoms with Crippen LogP contribution < -0.4 is 15.4 Å². The highest BCUT2D eigenvalue weighted by molar-refractivity contribution is 6.10. The highest BCUT2D eigenvalue weighted by Gasteiger charge is 2.52. The van der Waals surface area contributed by atoms with E-state index in [-0.39, 0.29) is 19.1 Å². The quantitative estimate of drug-likeness (QED) is 0.659. The molecule has 1 saturated heterocycles. The van der Waals surface area contributed by atoms with Crippen molar-refractivity contribution in [1.29, 1.82) is 5.26 Å². The zero-order chi connectivity index (χ0) is 23.4. The highest BCUT2D eigenvalue weighted by Crippen LogP contribution is 2.36. The summed E-state index contributed by atoms with van der Waals surface area (Å²) in [5.74, 6) is 0.299. The number of carbonyl (C=O) groups excluding carboxylic acids is 3. The van der Waals surface area contributed by atoms with Crippen LogP contribution in [0.1, 0.15) is 43.7 Å². The normalized spacial score (nSPS) is 22.1. The van der Waals surface area contributed by atoms with Crippen LogP contribution in [0.15, 0.2) is 48.5 Å². The fourth-order valence-corrected chi connectivity index (χ4v) is 4.32. The number of amides is 4. The van der Waals surface area contributed by atoms with Gasteiger partial charge in [0, 0.05) is 11.8 Å². The summed E-state index contributed by atoms with van der Waals surface area (Å²) in [7, 11) is 0. The van der Waals surface area contributed by atoms with Crippen LogP contribution in [0.3, 0.4) is 0 Å². The van der Waals surface area contributed by atoms with Crippen molar-refractivity contribution in [2.24, 2.45) is 5.92 Å². The van der Waals surface area contributed by atoms with Gasteiger partial charge in [-0.05, 0) is 61.4 Å². The fraction of sp³-hybridized carbons (Fsp3) is 0.360. The van der Waals surface area contributed by atoms with Gasteiger partial charge >= 0.3 is 6.03 Å². The zero-order valence-corrected chi connectivity index (χ0v) is 18.5. The van der Waals surface area contributed by atoms with Crippen molar-refractivity contribution in [1.82, 2.24) is 10.2 Å². The molecule has 0 bridgehead atoms. The van der Waals surface area contributed by atoms with Crippen LogP contribution in [0.5, 0.6) is 5.75 Å². The third kappa shape index (κ3) is 4.98. The molecule has 1 spiro atoms. The lowest BCUT2D eigenvalue weighted by molar-refractivity contribution is -0.135. The molecule has 1 heterocycles. The molecule has 0 unspecified atom stereocenters. The molecule has 2 aromatic rings. The maximum atomic E-state index is 12.9. The Balaban J connectivity index is 1.34. The van der Waals surface area contributed by atoms with E-state index in [9.17, 15) is 14.4 Å². The van der Waals surface area contributed by atoms with E-state index in [0.29, 0.717) is 35.8 Å². The summed E-state index contributed by atoms with van der Waals surface area (Å²) in [6.45, 7) is 2.07. The van der Waals surface area contributed by atoms with E-state index in [0.717, 1.165) is 23.3 Å². The Kier molecular flexibility index (Phi) is 6.31. The maximum absolute atomic E-state index is 12.9. The van der Waals surface area contributed by atoms with Crippen LogP contribution in [0, 0.1) is 17.2 Å². The lowest BCUT2D eigenvalue weighted by Gasteiger charge is -2.33. The van der Waals surface area contributed by atoms with Crippen molar-refractivity contribution < 1.29 is 19.1 Å². The van der Waals surface area contributed by atoms with E-state index in [1.807, 2.05) is 6.07 Å². The lowest BCUT2D eigenvalue weighted by atomic mass is 9.77. The van der Waals surface area contributed by atoms with E-state index in [2.05, 4.69) is 23.6 Å². The van der Waals surface area contributed by atoms with E-state index >= 15 is 0 Å². The molecule has 0 aromatic heterocycles. The first-order valence-corrected chi connectivity index (χ1v) is 11.0. The third-order valence-electron chi connectivity index (χ3n) is 6.25. The SMILES string of the molecule is CC1CCC2(CC1)NC(=O)N(CC(=O)Nc1cccc(OCc3cccc(C#N)c3)c1)C2=O. The number of anilines is 1. The molecule has 4 rings (SSSR count). The number of hydrogen-bond acceptors (Lipinski definition) is 5. The minimum atomic E-state index is -0.861. The number of nitrogens with one attached hydrogen (secondary N) is 2. The molecule has 1 saturated carbocycles. The summed E-state index contributed by atoms with van der Waals surface area (Å²) in [6, 6.07) is 15.6. The molecule has 1 aliphatic heterocycles. The van der Waals surface area contributed by atoms with E-state index < -0.39 is 17.5 Å². The zero-order valence-electron chi connectivity index (χ0n) is 18.5. The first-order valence-electron chi connectivity index (χ1n) is 11.0. The Labute approximate surface area is 192 Å². The van der Waals surface area contributed by atoms with Gasteiger partial charge in [0.1, 0.15) is 24.4 Å². The third-order valence-corrected chi connectivity index (χ3v) is 6.25. The standard InChI is InChI=1S/C25H26N4O4/c1-17-8-10-25(11-9-17)23(31)29(24(32)28-25)15-22(30)27-20-6-3-7-21(13-20)33-16-19-5-2-4-18(12-19)14-26/h2-7,12-13,17H,8-11,15-16H2,1H3,(H,27,30)(H,28,32). The van der Waals surface area contributed by atoms with Gasteiger partial charge in [-0.25, -0.2) is 4.79 Å². The molecule has 2 fully saturated rings. The number of imide groups is 1. The van der Waals surface area contributed by atoms with Crippen LogP contribution >= 0.6 is 0 Å². The van der Waals surface area contributed by atoms with Crippen molar-refractivity contribution in [2.45, 2.75) is 44.8 Å². The van der Waals surface area contributed by atoms with Gasteiger partial charge in [0.25, 0.3) is 5.91 Å². The first kappa shape index (κ1) is 22.3. The van der Waals surface area contributed by atoms with E-state index in [1.165, 1.54) is 0 Å². The van der Waals surface area contributed by atoms with Gasteiger partial charge < -0.3 is 15.4 Å². The van der Waals surface area contributed by atoms with E-state index in [1.54, 1.807) is 42.5 Å². The van der Waals surface area contributed by atoms with Crippen LogP contribution in [0.2, 0.25) is 0 Å². The molecule has 1 aliphatic carbocycles. The lowest BCUT2D eigenvalue weighted by Crippen LogP contribution is -2.49. The molecule has 4 amide bonds. The summed E-state index contributed by atoms with van der Waals surface area (Å²) in [5, 5.41) is 14.6. The number of rotatable bonds is 6. The number of nitrogens with zero attached hydrogens (tertiary/aromatic N) is 2. The molecule has 0 atom stereocenters. The van der Waals surface area contributed by atoms with Gasteiger partial charge in [-0.3, -0.25) is 14.5 Å². The van der Waals surface area contributed by atoms with Gasteiger partial charge in [0.05, 0.1) is 11.6 Å². The fourth-order valence-electron chi connectivity index (χ4n) is 4.32. The molecular weight excluding hydrogens is 420 g/mol. The van der Waals surface area contributed by atoms with Gasteiger partial charge in [-0.2, -0.15) is 5.26 Å². The van der Waals surface area contributed by atoms with Crippen molar-refractivity contribution in [2.75, 3.05) is 11.9 Å². The maximum Gasteiger partial charge on any atom is 0.325 e. The predicted octanol–water partition coefficient (Wildman–Crippen LogP) is 3.58. The molecule has 2 aliphatic rings. The summed E-state index contributed by atoms with van der Waals surface area (Å²) in [6.07, 6.45) is 2.96. The summed E-state index contributed by atoms with van der Waals surface area (Å²) in [4.78, 5) is 38.9. The van der Waals surface area contributed by atoms with Crippen molar-refractivity contribution in [3.05, 3.63) is 59.7 Å². The molecule has 2 N–H and O–H groups in total. The average Bonchev–Trinajstić information content (AvgIpc) is 3.04. The topological polar surface area (TPSA) is 112 Å². The number of ether oxygens (including phenoxy) is 1. The summed E-state index contributed by atoms with van der Waals surface area (Å²) >= 11 is 0. The number of carbonyl (C=O) groups is 3. The van der Waals surface area contributed by atoms with Crippen LogP contribution in [0.4, 0.5) is 10.5 Å². The van der Waals surface area contributed by atoms with E-state index in [4.69, 9.17) is 10.00 Å². The number of urea groups is 1.